The van der Waals surface area contributed by atoms with Crippen LogP contribution in [0.1, 0.15) is 48.7 Å². The van der Waals surface area contributed by atoms with E-state index in [0.717, 1.165) is 52.5 Å². The summed E-state index contributed by atoms with van der Waals surface area (Å²) in [7, 11) is 1.85. The summed E-state index contributed by atoms with van der Waals surface area (Å²) < 4.78 is 5.58. The van der Waals surface area contributed by atoms with E-state index in [0.29, 0.717) is 12.1 Å². The zero-order valence-corrected chi connectivity index (χ0v) is 21.7. The van der Waals surface area contributed by atoms with Crippen molar-refractivity contribution in [1.82, 2.24) is 18.9 Å². The number of halogens is 1. The van der Waals surface area contributed by atoms with Gasteiger partial charge in [-0.15, -0.1) is 0 Å². The summed E-state index contributed by atoms with van der Waals surface area (Å²) in [6.07, 6.45) is 6.36. The minimum atomic E-state index is 0.0158. The van der Waals surface area contributed by atoms with Gasteiger partial charge >= 0.3 is 0 Å². The first-order valence-corrected chi connectivity index (χ1v) is 12.9. The molecule has 3 aromatic heterocycles. The fourth-order valence-electron chi connectivity index (χ4n) is 4.71. The third kappa shape index (κ3) is 4.51. The SMILES string of the molecule is Cc1c(-c2cc3cc(Br)ccc3n2CC2CC2)nc2cc(C(=O)N(C)CCC[C@H](C)N)ccn12. The van der Waals surface area contributed by atoms with Gasteiger partial charge in [0.15, 0.2) is 0 Å². The highest BCUT2D eigenvalue weighted by Gasteiger charge is 2.25. The standard InChI is InChI=1S/C27H32BrN5O/c1-17(29)5-4-11-31(3)27(34)20-10-12-32-18(2)26(30-25(32)15-20)24-14-21-13-22(28)8-9-23(21)33(24)16-19-6-7-19/h8-10,12-15,17,19H,4-7,11,16,29H2,1-3H3/t17-/m0/s1. The van der Waals surface area contributed by atoms with Gasteiger partial charge in [0.05, 0.1) is 5.69 Å². The van der Waals surface area contributed by atoms with E-state index in [1.165, 1.54) is 23.7 Å². The van der Waals surface area contributed by atoms with Gasteiger partial charge in [-0.05, 0) is 81.8 Å². The van der Waals surface area contributed by atoms with E-state index < -0.39 is 0 Å². The first-order valence-electron chi connectivity index (χ1n) is 12.1. The van der Waals surface area contributed by atoms with Gasteiger partial charge in [-0.3, -0.25) is 4.79 Å². The van der Waals surface area contributed by atoms with Gasteiger partial charge < -0.3 is 19.6 Å². The normalized spacial score (nSPS) is 14.7. The molecule has 0 aliphatic heterocycles. The minimum absolute atomic E-state index is 0.0158. The van der Waals surface area contributed by atoms with E-state index >= 15 is 0 Å². The number of carbonyl (C=O) groups is 1. The van der Waals surface area contributed by atoms with Gasteiger partial charge in [-0.1, -0.05) is 15.9 Å². The highest BCUT2D eigenvalue weighted by atomic mass is 79.9. The van der Waals surface area contributed by atoms with Crippen LogP contribution < -0.4 is 5.73 Å². The number of fused-ring (bicyclic) bond motifs is 2. The predicted octanol–water partition coefficient (Wildman–Crippen LogP) is 5.64. The Morgan fingerprint density at radius 1 is 1.26 bits per heavy atom. The Labute approximate surface area is 208 Å². The smallest absolute Gasteiger partial charge is 0.253 e. The molecule has 0 saturated heterocycles. The van der Waals surface area contributed by atoms with Crippen molar-refractivity contribution >= 4 is 38.4 Å². The second-order valence-corrected chi connectivity index (χ2v) is 10.7. The van der Waals surface area contributed by atoms with Crippen LogP contribution in [0.2, 0.25) is 0 Å². The van der Waals surface area contributed by atoms with Crippen LogP contribution >= 0.6 is 15.9 Å². The Hall–Kier alpha value is -2.64. The molecule has 0 radical (unpaired) electrons. The molecule has 1 amide bonds. The maximum Gasteiger partial charge on any atom is 0.253 e. The molecule has 1 aliphatic carbocycles. The summed E-state index contributed by atoms with van der Waals surface area (Å²) in [5.41, 5.74) is 11.7. The maximum absolute atomic E-state index is 13.0. The lowest BCUT2D eigenvalue weighted by Gasteiger charge is -2.17. The van der Waals surface area contributed by atoms with E-state index in [1.54, 1.807) is 4.90 Å². The number of nitrogens with zero attached hydrogens (tertiary/aromatic N) is 4. The van der Waals surface area contributed by atoms with Gasteiger partial charge in [0.25, 0.3) is 5.91 Å². The predicted molar refractivity (Wildman–Crippen MR) is 141 cm³/mol. The highest BCUT2D eigenvalue weighted by Crippen LogP contribution is 2.37. The number of hydrogen-bond acceptors (Lipinski definition) is 3. The number of nitrogens with two attached hydrogens (primary N) is 1. The molecule has 0 bridgehead atoms. The third-order valence-electron chi connectivity index (χ3n) is 6.86. The van der Waals surface area contributed by atoms with Crippen LogP contribution in [0.4, 0.5) is 0 Å². The van der Waals surface area contributed by atoms with Crippen molar-refractivity contribution in [3.63, 3.8) is 0 Å². The van der Waals surface area contributed by atoms with Crippen LogP contribution in [0.3, 0.4) is 0 Å². The first kappa shape index (κ1) is 23.1. The van der Waals surface area contributed by atoms with Gasteiger partial charge in [0.2, 0.25) is 0 Å². The van der Waals surface area contributed by atoms with E-state index in [4.69, 9.17) is 10.7 Å². The van der Waals surface area contributed by atoms with Crippen LogP contribution in [0.5, 0.6) is 0 Å². The number of amides is 1. The molecule has 1 fully saturated rings. The summed E-state index contributed by atoms with van der Waals surface area (Å²) in [5.74, 6) is 0.763. The average Bonchev–Trinajstić information content (AvgIpc) is 3.48. The summed E-state index contributed by atoms with van der Waals surface area (Å²) in [4.78, 5) is 19.8. The molecule has 1 aliphatic rings. The van der Waals surface area contributed by atoms with Crippen LogP contribution in [0.15, 0.2) is 47.1 Å². The van der Waals surface area contributed by atoms with Crippen LogP contribution in [0, 0.1) is 12.8 Å². The molecule has 2 N–H and O–H groups in total. The summed E-state index contributed by atoms with van der Waals surface area (Å²) in [5, 5.41) is 1.21. The van der Waals surface area contributed by atoms with Crippen molar-refractivity contribution in [1.29, 1.82) is 0 Å². The Morgan fingerprint density at radius 3 is 2.79 bits per heavy atom. The van der Waals surface area contributed by atoms with E-state index in [2.05, 4.69) is 56.1 Å². The number of benzene rings is 1. The molecule has 1 aromatic carbocycles. The molecule has 178 valence electrons. The van der Waals surface area contributed by atoms with Crippen molar-refractivity contribution in [3.05, 3.63) is 58.3 Å². The van der Waals surface area contributed by atoms with Crippen molar-refractivity contribution in [2.24, 2.45) is 11.7 Å². The molecular weight excluding hydrogens is 490 g/mol. The monoisotopic (exact) mass is 521 g/mol. The summed E-state index contributed by atoms with van der Waals surface area (Å²) in [6, 6.07) is 12.7. The van der Waals surface area contributed by atoms with Crippen LogP contribution in [0.25, 0.3) is 27.9 Å². The second-order valence-electron chi connectivity index (χ2n) is 9.82. The summed E-state index contributed by atoms with van der Waals surface area (Å²) >= 11 is 3.61. The van der Waals surface area contributed by atoms with Gasteiger partial charge in [-0.2, -0.15) is 0 Å². The molecule has 0 unspecified atom stereocenters. The lowest BCUT2D eigenvalue weighted by atomic mass is 10.2. The topological polar surface area (TPSA) is 68.6 Å². The Bertz CT molecular complexity index is 1360. The molecule has 0 spiro atoms. The van der Waals surface area contributed by atoms with Gasteiger partial charge in [-0.25, -0.2) is 4.98 Å². The van der Waals surface area contributed by atoms with Crippen molar-refractivity contribution in [2.75, 3.05) is 13.6 Å². The first-order chi connectivity index (χ1) is 16.3. The number of rotatable bonds is 8. The fourth-order valence-corrected chi connectivity index (χ4v) is 5.09. The molecule has 5 rings (SSSR count). The molecule has 3 heterocycles. The zero-order valence-electron chi connectivity index (χ0n) is 20.1. The van der Waals surface area contributed by atoms with Gasteiger partial charge in [0, 0.05) is 59.0 Å². The molecular formula is C27H32BrN5O. The lowest BCUT2D eigenvalue weighted by molar-refractivity contribution is 0.0792. The van der Waals surface area contributed by atoms with Crippen LogP contribution in [-0.4, -0.2) is 44.4 Å². The Morgan fingerprint density at radius 2 is 2.06 bits per heavy atom. The van der Waals surface area contributed by atoms with Crippen LogP contribution in [-0.2, 0) is 6.54 Å². The van der Waals surface area contributed by atoms with E-state index in [1.807, 2.05) is 32.3 Å². The number of aryl methyl sites for hydroxylation is 1. The quantitative estimate of drug-likeness (QED) is 0.326. The minimum Gasteiger partial charge on any atom is -0.342 e. The molecule has 7 heteroatoms. The number of carbonyl (C=O) groups excluding carboxylic acids is 1. The van der Waals surface area contributed by atoms with Crippen molar-refractivity contribution in [3.8, 4) is 11.4 Å². The number of aromatic nitrogens is 3. The van der Waals surface area contributed by atoms with Gasteiger partial charge in [0.1, 0.15) is 11.3 Å². The Balaban J connectivity index is 1.50. The molecule has 1 atom stereocenters. The molecule has 6 nitrogen and oxygen atoms in total. The second kappa shape index (κ2) is 9.19. The van der Waals surface area contributed by atoms with E-state index in [9.17, 15) is 4.79 Å². The number of imidazole rings is 1. The van der Waals surface area contributed by atoms with Crippen molar-refractivity contribution in [2.45, 2.75) is 52.1 Å². The summed E-state index contributed by atoms with van der Waals surface area (Å²) in [6.45, 7) is 5.81. The molecule has 34 heavy (non-hydrogen) atoms. The maximum atomic E-state index is 13.0. The largest absolute Gasteiger partial charge is 0.342 e. The zero-order chi connectivity index (χ0) is 24.0. The average molecular weight is 522 g/mol. The molecule has 4 aromatic rings. The highest BCUT2D eigenvalue weighted by molar-refractivity contribution is 9.10. The fraction of sp³-hybridized carbons (Fsp3) is 0.407. The third-order valence-corrected chi connectivity index (χ3v) is 7.35. The molecule has 1 saturated carbocycles. The van der Waals surface area contributed by atoms with E-state index in [-0.39, 0.29) is 11.9 Å². The number of pyridine rings is 1. The lowest BCUT2D eigenvalue weighted by Crippen LogP contribution is -2.29. The Kier molecular flexibility index (Phi) is 6.25. The van der Waals surface area contributed by atoms with Crippen molar-refractivity contribution < 1.29 is 4.79 Å². The number of hydrogen-bond donors (Lipinski definition) is 1.